The summed E-state index contributed by atoms with van der Waals surface area (Å²) >= 11 is 0. The molecule has 2 aromatic carbocycles. The van der Waals surface area contributed by atoms with Crippen LogP contribution in [0, 0.1) is 5.92 Å². The number of aliphatic hydroxyl groups excluding tert-OH is 1. The largest absolute Gasteiger partial charge is 0.392 e. The number of nitrogens with two attached hydrogens (primary N) is 1. The van der Waals surface area contributed by atoms with Crippen molar-refractivity contribution in [1.82, 2.24) is 0 Å². The van der Waals surface area contributed by atoms with Crippen LogP contribution in [0.3, 0.4) is 0 Å². The maximum atomic E-state index is 13.6. The van der Waals surface area contributed by atoms with Gasteiger partial charge in [0.2, 0.25) is 0 Å². The number of likely N-dealkylation sites (N-methyl/N-ethyl adjacent to an activating group) is 1. The smallest absolute Gasteiger partial charge is 0.166 e. The van der Waals surface area contributed by atoms with Gasteiger partial charge in [0.1, 0.15) is 12.2 Å². The number of para-hydroxylation sites is 1. The molecule has 1 aliphatic rings. The second-order valence-corrected chi connectivity index (χ2v) is 8.03. The first kappa shape index (κ1) is 22.2. The van der Waals surface area contributed by atoms with E-state index in [1.807, 2.05) is 73.5 Å². The van der Waals surface area contributed by atoms with Gasteiger partial charge in [0.05, 0.1) is 11.8 Å². The molecule has 0 aromatic heterocycles. The third-order valence-corrected chi connectivity index (χ3v) is 6.04. The molecule has 160 valence electrons. The van der Waals surface area contributed by atoms with Crippen LogP contribution in [0.1, 0.15) is 50.7 Å². The van der Waals surface area contributed by atoms with Crippen LogP contribution in [0.25, 0.3) is 0 Å². The third-order valence-electron chi connectivity index (χ3n) is 6.04. The molecular weight excluding hydrogens is 374 g/mol. The fourth-order valence-electron chi connectivity index (χ4n) is 4.19. The van der Waals surface area contributed by atoms with Crippen molar-refractivity contribution in [1.29, 1.82) is 0 Å². The maximum Gasteiger partial charge on any atom is 0.166 e. The lowest BCUT2D eigenvalue weighted by Crippen LogP contribution is -2.52. The van der Waals surface area contributed by atoms with E-state index in [9.17, 15) is 9.90 Å². The SMILES string of the molecule is CCCCC(O)C(CC)C(=O)[C@H]1N=C(c2ccccc2)c2ccccc2N(C)C1N. The number of unbranched alkanes of at least 4 members (excludes halogenated alkanes) is 1. The van der Waals surface area contributed by atoms with Gasteiger partial charge in [-0.3, -0.25) is 9.79 Å². The maximum absolute atomic E-state index is 13.6. The summed E-state index contributed by atoms with van der Waals surface area (Å²) in [7, 11) is 1.90. The Morgan fingerprint density at radius 3 is 2.47 bits per heavy atom. The molecule has 0 spiro atoms. The molecule has 0 saturated carbocycles. The number of benzene rings is 2. The van der Waals surface area contributed by atoms with Gasteiger partial charge >= 0.3 is 0 Å². The van der Waals surface area contributed by atoms with Crippen molar-refractivity contribution >= 4 is 17.2 Å². The summed E-state index contributed by atoms with van der Waals surface area (Å²) in [4.78, 5) is 20.5. The van der Waals surface area contributed by atoms with E-state index in [-0.39, 0.29) is 5.78 Å². The Hall–Kier alpha value is -2.50. The zero-order chi connectivity index (χ0) is 21.7. The minimum absolute atomic E-state index is 0.0818. The molecule has 2 aromatic rings. The van der Waals surface area contributed by atoms with E-state index in [0.717, 1.165) is 35.4 Å². The van der Waals surface area contributed by atoms with Crippen LogP contribution in [0.2, 0.25) is 0 Å². The van der Waals surface area contributed by atoms with Crippen molar-refractivity contribution in [3.63, 3.8) is 0 Å². The van der Waals surface area contributed by atoms with Gasteiger partial charge in [-0.15, -0.1) is 0 Å². The number of ketones is 1. The van der Waals surface area contributed by atoms with E-state index < -0.39 is 24.2 Å². The van der Waals surface area contributed by atoms with Gasteiger partial charge in [-0.05, 0) is 18.9 Å². The molecule has 5 nitrogen and oxygen atoms in total. The second kappa shape index (κ2) is 10.0. The van der Waals surface area contributed by atoms with Gasteiger partial charge in [-0.1, -0.05) is 75.2 Å². The Morgan fingerprint density at radius 1 is 1.13 bits per heavy atom. The Labute approximate surface area is 179 Å². The first-order chi connectivity index (χ1) is 14.5. The summed E-state index contributed by atoms with van der Waals surface area (Å²) in [5.41, 5.74) is 10.2. The summed E-state index contributed by atoms with van der Waals surface area (Å²) in [5, 5.41) is 10.7. The van der Waals surface area contributed by atoms with Crippen molar-refractivity contribution in [2.45, 2.75) is 57.8 Å². The van der Waals surface area contributed by atoms with Crippen LogP contribution in [-0.4, -0.2) is 42.0 Å². The molecule has 1 aliphatic heterocycles. The number of rotatable bonds is 8. The number of carbonyl (C=O) groups excluding carboxylic acids is 1. The highest BCUT2D eigenvalue weighted by molar-refractivity contribution is 6.17. The number of benzodiazepines with no additional fused rings is 1. The van der Waals surface area contributed by atoms with Gasteiger partial charge in [-0.25, -0.2) is 0 Å². The number of fused-ring (bicyclic) bond motifs is 1. The van der Waals surface area contributed by atoms with Gasteiger partial charge in [0.15, 0.2) is 5.78 Å². The van der Waals surface area contributed by atoms with Crippen LogP contribution in [-0.2, 0) is 4.79 Å². The number of carbonyl (C=O) groups is 1. The van der Waals surface area contributed by atoms with Crippen molar-refractivity contribution in [2.75, 3.05) is 11.9 Å². The molecule has 0 aliphatic carbocycles. The Bertz CT molecular complexity index is 881. The first-order valence-corrected chi connectivity index (χ1v) is 10.9. The van der Waals surface area contributed by atoms with Gasteiger partial charge in [0.25, 0.3) is 0 Å². The number of aliphatic imine (C=N–C) groups is 1. The minimum atomic E-state index is -0.751. The summed E-state index contributed by atoms with van der Waals surface area (Å²) in [6, 6.07) is 17.1. The molecule has 0 saturated heterocycles. The standard InChI is InChI=1S/C25H33N3O2/c1-4-6-16-21(29)18(5-2)24(30)23-25(26)28(3)20-15-11-10-14-19(20)22(27-23)17-12-8-7-9-13-17/h7-15,18,21,23,25,29H,4-6,16,26H2,1-3H3/t18?,21?,23-,25?/m1/s1. The Balaban J connectivity index is 2.07. The molecular formula is C25H33N3O2. The molecule has 5 heteroatoms. The van der Waals surface area contributed by atoms with Crippen molar-refractivity contribution in [3.05, 3.63) is 65.7 Å². The van der Waals surface area contributed by atoms with E-state index in [4.69, 9.17) is 10.7 Å². The molecule has 0 amide bonds. The van der Waals surface area contributed by atoms with Crippen LogP contribution in [0.4, 0.5) is 5.69 Å². The topological polar surface area (TPSA) is 78.9 Å². The van der Waals surface area contributed by atoms with Crippen LogP contribution in [0.5, 0.6) is 0 Å². The number of Topliss-reactive ketones (excluding diaryl/α,β-unsaturated/α-hetero) is 1. The lowest BCUT2D eigenvalue weighted by molar-refractivity contribution is -0.128. The summed E-state index contributed by atoms with van der Waals surface area (Å²) in [6.07, 6.45) is 1.80. The number of hydrogen-bond donors (Lipinski definition) is 2. The zero-order valence-corrected chi connectivity index (χ0v) is 18.2. The highest BCUT2D eigenvalue weighted by Crippen LogP contribution is 2.30. The van der Waals surface area contributed by atoms with E-state index in [1.165, 1.54) is 0 Å². The molecule has 0 radical (unpaired) electrons. The molecule has 0 fully saturated rings. The molecule has 0 bridgehead atoms. The van der Waals surface area contributed by atoms with Gasteiger partial charge < -0.3 is 15.7 Å². The monoisotopic (exact) mass is 407 g/mol. The van der Waals surface area contributed by atoms with Crippen LogP contribution in [0.15, 0.2) is 59.6 Å². The van der Waals surface area contributed by atoms with E-state index in [1.54, 1.807) is 0 Å². The normalized spacial score (nSPS) is 20.7. The molecule has 1 heterocycles. The Morgan fingerprint density at radius 2 is 1.80 bits per heavy atom. The van der Waals surface area contributed by atoms with Crippen molar-refractivity contribution in [2.24, 2.45) is 16.6 Å². The predicted octanol–water partition coefficient (Wildman–Crippen LogP) is 3.77. The summed E-state index contributed by atoms with van der Waals surface area (Å²) in [6.45, 7) is 4.03. The van der Waals surface area contributed by atoms with Crippen LogP contribution >= 0.6 is 0 Å². The molecule has 3 unspecified atom stereocenters. The minimum Gasteiger partial charge on any atom is -0.392 e. The molecule has 4 atom stereocenters. The van der Waals surface area contributed by atoms with Gasteiger partial charge in [0, 0.05) is 29.8 Å². The van der Waals surface area contributed by atoms with E-state index in [2.05, 4.69) is 6.92 Å². The zero-order valence-electron chi connectivity index (χ0n) is 18.2. The molecule has 3 rings (SSSR count). The number of aliphatic hydroxyl groups is 1. The van der Waals surface area contributed by atoms with Crippen molar-refractivity contribution < 1.29 is 9.90 Å². The number of nitrogens with zero attached hydrogens (tertiary/aromatic N) is 2. The summed E-state index contributed by atoms with van der Waals surface area (Å²) < 4.78 is 0. The number of anilines is 1. The van der Waals surface area contributed by atoms with Gasteiger partial charge in [-0.2, -0.15) is 0 Å². The first-order valence-electron chi connectivity index (χ1n) is 10.9. The lowest BCUT2D eigenvalue weighted by atomic mass is 9.87. The predicted molar refractivity (Wildman–Crippen MR) is 123 cm³/mol. The molecule has 3 N–H and O–H groups in total. The van der Waals surface area contributed by atoms with E-state index >= 15 is 0 Å². The molecule has 30 heavy (non-hydrogen) atoms. The summed E-state index contributed by atoms with van der Waals surface area (Å²) in [5.74, 6) is -0.551. The highest BCUT2D eigenvalue weighted by Gasteiger charge is 2.38. The fraction of sp³-hybridized carbons (Fsp3) is 0.440. The average molecular weight is 408 g/mol. The number of hydrogen-bond acceptors (Lipinski definition) is 5. The highest BCUT2D eigenvalue weighted by atomic mass is 16.3. The fourth-order valence-corrected chi connectivity index (χ4v) is 4.19. The second-order valence-electron chi connectivity index (χ2n) is 8.03. The third kappa shape index (κ3) is 4.47. The van der Waals surface area contributed by atoms with Crippen molar-refractivity contribution in [3.8, 4) is 0 Å². The lowest BCUT2D eigenvalue weighted by Gasteiger charge is -2.31. The quantitative estimate of drug-likeness (QED) is 0.698. The average Bonchev–Trinajstić information content (AvgIpc) is 2.88. The van der Waals surface area contributed by atoms with Crippen LogP contribution < -0.4 is 10.6 Å². The Kier molecular flexibility index (Phi) is 7.40. The van der Waals surface area contributed by atoms with E-state index in [0.29, 0.717) is 12.8 Å².